The minimum Gasteiger partial charge on any atom is -0.303 e. The summed E-state index contributed by atoms with van der Waals surface area (Å²) in [5.74, 6) is -0.306. The standard InChI is InChI=1S/C10H9FO/c1-8(5-6-12)9-3-2-4-10(11)7-9/h2-4,6-7H,1,5H2. The largest absolute Gasteiger partial charge is 0.303 e. The predicted octanol–water partition coefficient (Wildman–Crippen LogP) is 2.43. The van der Waals surface area contributed by atoms with Gasteiger partial charge in [-0.1, -0.05) is 18.7 Å². The van der Waals surface area contributed by atoms with Crippen LogP contribution in [0.1, 0.15) is 12.0 Å². The summed E-state index contributed by atoms with van der Waals surface area (Å²) in [5, 5.41) is 0. The van der Waals surface area contributed by atoms with Gasteiger partial charge in [-0.15, -0.1) is 0 Å². The zero-order chi connectivity index (χ0) is 8.97. The van der Waals surface area contributed by atoms with Crippen LogP contribution in [0.3, 0.4) is 0 Å². The molecule has 0 amide bonds. The Kier molecular flexibility index (Phi) is 2.75. The highest BCUT2D eigenvalue weighted by Gasteiger charge is 1.98. The third-order valence-corrected chi connectivity index (χ3v) is 1.56. The third kappa shape index (κ3) is 2.02. The predicted molar refractivity (Wildman–Crippen MR) is 46.1 cm³/mol. The first-order valence-corrected chi connectivity index (χ1v) is 3.61. The Morgan fingerprint density at radius 1 is 1.58 bits per heavy atom. The van der Waals surface area contributed by atoms with Gasteiger partial charge in [0.05, 0.1) is 0 Å². The van der Waals surface area contributed by atoms with Crippen LogP contribution in [0, 0.1) is 5.82 Å². The Morgan fingerprint density at radius 2 is 2.33 bits per heavy atom. The quantitative estimate of drug-likeness (QED) is 0.627. The molecule has 1 rings (SSSR count). The van der Waals surface area contributed by atoms with Crippen molar-refractivity contribution in [2.75, 3.05) is 0 Å². The molecule has 0 aliphatic heterocycles. The lowest BCUT2D eigenvalue weighted by atomic mass is 10.1. The van der Waals surface area contributed by atoms with Crippen LogP contribution in [0.2, 0.25) is 0 Å². The van der Waals surface area contributed by atoms with E-state index in [1.807, 2.05) is 0 Å². The molecule has 0 spiro atoms. The molecule has 1 aromatic rings. The lowest BCUT2D eigenvalue weighted by Crippen LogP contribution is -1.84. The van der Waals surface area contributed by atoms with Gasteiger partial charge in [0, 0.05) is 6.42 Å². The third-order valence-electron chi connectivity index (χ3n) is 1.56. The minimum absolute atomic E-state index is 0.253. The fourth-order valence-electron chi connectivity index (χ4n) is 0.927. The molecule has 0 saturated carbocycles. The average molecular weight is 164 g/mol. The first-order valence-electron chi connectivity index (χ1n) is 3.61. The summed E-state index contributed by atoms with van der Waals surface area (Å²) in [4.78, 5) is 10.1. The number of allylic oxidation sites excluding steroid dienone is 1. The van der Waals surface area contributed by atoms with E-state index in [0.29, 0.717) is 11.1 Å². The number of hydrogen-bond donors (Lipinski definition) is 0. The van der Waals surface area contributed by atoms with Gasteiger partial charge < -0.3 is 4.79 Å². The topological polar surface area (TPSA) is 17.1 Å². The molecule has 12 heavy (non-hydrogen) atoms. The molecule has 0 unspecified atom stereocenters. The highest BCUT2D eigenvalue weighted by molar-refractivity contribution is 5.75. The second-order valence-corrected chi connectivity index (χ2v) is 2.48. The number of halogens is 1. The van der Waals surface area contributed by atoms with Crippen LogP contribution in [0.25, 0.3) is 5.57 Å². The first kappa shape index (κ1) is 8.65. The summed E-state index contributed by atoms with van der Waals surface area (Å²) in [5.41, 5.74) is 1.33. The van der Waals surface area contributed by atoms with Gasteiger partial charge in [0.1, 0.15) is 12.1 Å². The second kappa shape index (κ2) is 3.81. The molecule has 2 heteroatoms. The molecular formula is C10H9FO. The van der Waals surface area contributed by atoms with E-state index < -0.39 is 0 Å². The molecular weight excluding hydrogens is 155 g/mol. The summed E-state index contributed by atoms with van der Waals surface area (Å²) >= 11 is 0. The monoisotopic (exact) mass is 164 g/mol. The minimum atomic E-state index is -0.306. The molecule has 0 N–H and O–H groups in total. The van der Waals surface area contributed by atoms with E-state index in [1.54, 1.807) is 12.1 Å². The van der Waals surface area contributed by atoms with E-state index >= 15 is 0 Å². The SMILES string of the molecule is C=C(CC=O)c1cccc(F)c1. The maximum atomic E-state index is 12.6. The molecule has 62 valence electrons. The molecule has 0 atom stereocenters. The molecule has 1 aromatic carbocycles. The number of carbonyl (C=O) groups excluding carboxylic acids is 1. The zero-order valence-corrected chi connectivity index (χ0v) is 6.59. The molecule has 0 aromatic heterocycles. The first-order chi connectivity index (χ1) is 5.74. The number of carbonyl (C=O) groups is 1. The van der Waals surface area contributed by atoms with Crippen LogP contribution in [-0.4, -0.2) is 6.29 Å². The Hall–Kier alpha value is -1.44. The number of hydrogen-bond acceptors (Lipinski definition) is 1. The summed E-state index contributed by atoms with van der Waals surface area (Å²) in [6, 6.07) is 6.05. The summed E-state index contributed by atoms with van der Waals surface area (Å²) in [7, 11) is 0. The van der Waals surface area contributed by atoms with Gasteiger partial charge in [-0.2, -0.15) is 0 Å². The Labute approximate surface area is 70.5 Å². The molecule has 0 aliphatic carbocycles. The van der Waals surface area contributed by atoms with Gasteiger partial charge in [0.2, 0.25) is 0 Å². The fourth-order valence-corrected chi connectivity index (χ4v) is 0.927. The van der Waals surface area contributed by atoms with Crippen LogP contribution < -0.4 is 0 Å². The molecule has 0 radical (unpaired) electrons. The van der Waals surface area contributed by atoms with Crippen molar-refractivity contribution in [3.05, 3.63) is 42.2 Å². The number of benzene rings is 1. The van der Waals surface area contributed by atoms with Gasteiger partial charge in [0.15, 0.2) is 0 Å². The second-order valence-electron chi connectivity index (χ2n) is 2.48. The van der Waals surface area contributed by atoms with Crippen LogP contribution >= 0.6 is 0 Å². The Balaban J connectivity index is 2.87. The van der Waals surface area contributed by atoms with Crippen molar-refractivity contribution in [2.24, 2.45) is 0 Å². The van der Waals surface area contributed by atoms with Crippen molar-refractivity contribution < 1.29 is 9.18 Å². The lowest BCUT2D eigenvalue weighted by molar-refractivity contribution is -0.107. The highest BCUT2D eigenvalue weighted by Crippen LogP contribution is 2.15. The Morgan fingerprint density at radius 3 is 2.92 bits per heavy atom. The van der Waals surface area contributed by atoms with E-state index in [2.05, 4.69) is 6.58 Å². The lowest BCUT2D eigenvalue weighted by Gasteiger charge is -2.00. The van der Waals surface area contributed by atoms with Gasteiger partial charge in [-0.3, -0.25) is 0 Å². The average Bonchev–Trinajstić information content (AvgIpc) is 2.05. The van der Waals surface area contributed by atoms with Crippen LogP contribution in [0.5, 0.6) is 0 Å². The van der Waals surface area contributed by atoms with E-state index in [1.165, 1.54) is 12.1 Å². The van der Waals surface area contributed by atoms with Gasteiger partial charge >= 0.3 is 0 Å². The zero-order valence-electron chi connectivity index (χ0n) is 6.59. The van der Waals surface area contributed by atoms with E-state index in [4.69, 9.17) is 0 Å². The van der Waals surface area contributed by atoms with Crippen molar-refractivity contribution in [2.45, 2.75) is 6.42 Å². The van der Waals surface area contributed by atoms with Crippen molar-refractivity contribution in [3.8, 4) is 0 Å². The summed E-state index contributed by atoms with van der Waals surface area (Å²) < 4.78 is 12.6. The molecule has 0 aliphatic rings. The van der Waals surface area contributed by atoms with E-state index in [9.17, 15) is 9.18 Å². The van der Waals surface area contributed by atoms with Gasteiger partial charge in [-0.05, 0) is 23.3 Å². The van der Waals surface area contributed by atoms with Gasteiger partial charge in [0.25, 0.3) is 0 Å². The van der Waals surface area contributed by atoms with Crippen LogP contribution in [0.4, 0.5) is 4.39 Å². The smallest absolute Gasteiger partial charge is 0.124 e. The number of aldehydes is 1. The van der Waals surface area contributed by atoms with E-state index in [0.717, 1.165) is 6.29 Å². The van der Waals surface area contributed by atoms with E-state index in [-0.39, 0.29) is 12.2 Å². The molecule has 0 fully saturated rings. The maximum Gasteiger partial charge on any atom is 0.124 e. The molecule has 0 bridgehead atoms. The molecule has 0 heterocycles. The fraction of sp³-hybridized carbons (Fsp3) is 0.100. The van der Waals surface area contributed by atoms with Crippen molar-refractivity contribution in [1.29, 1.82) is 0 Å². The molecule has 0 saturated heterocycles. The summed E-state index contributed by atoms with van der Waals surface area (Å²) in [6.07, 6.45) is 1.01. The van der Waals surface area contributed by atoms with Crippen LogP contribution in [-0.2, 0) is 4.79 Å². The van der Waals surface area contributed by atoms with Crippen molar-refractivity contribution in [3.63, 3.8) is 0 Å². The molecule has 1 nitrogen and oxygen atoms in total. The number of rotatable bonds is 3. The summed E-state index contributed by atoms with van der Waals surface area (Å²) in [6.45, 7) is 3.66. The highest BCUT2D eigenvalue weighted by atomic mass is 19.1. The van der Waals surface area contributed by atoms with Crippen molar-refractivity contribution in [1.82, 2.24) is 0 Å². The van der Waals surface area contributed by atoms with Crippen LogP contribution in [0.15, 0.2) is 30.8 Å². The van der Waals surface area contributed by atoms with Gasteiger partial charge in [-0.25, -0.2) is 4.39 Å². The maximum absolute atomic E-state index is 12.6. The Bertz CT molecular complexity index is 304. The van der Waals surface area contributed by atoms with Crippen molar-refractivity contribution >= 4 is 11.9 Å². The normalized spacial score (nSPS) is 9.42.